The van der Waals surface area contributed by atoms with Crippen LogP contribution in [0, 0.1) is 0 Å². The molecule has 2 nitrogen and oxygen atoms in total. The maximum atomic E-state index is 14.2. The van der Waals surface area contributed by atoms with Crippen LogP contribution in [0.15, 0.2) is 57.5 Å². The smallest absolute Gasteiger partial charge is 0.296 e. The lowest BCUT2D eigenvalue weighted by Gasteiger charge is -2.37. The first-order valence-corrected chi connectivity index (χ1v) is 14.0. The quantitative estimate of drug-likeness (QED) is 0.273. The van der Waals surface area contributed by atoms with E-state index < -0.39 is 33.4 Å². The van der Waals surface area contributed by atoms with Crippen molar-refractivity contribution in [2.24, 2.45) is 0 Å². The minimum absolute atomic E-state index is 0.0197. The number of hydrogen-bond donors (Lipinski definition) is 1. The van der Waals surface area contributed by atoms with Gasteiger partial charge in [0.25, 0.3) is 11.8 Å². The Bertz CT molecular complexity index is 855. The van der Waals surface area contributed by atoms with Crippen LogP contribution in [0.3, 0.4) is 0 Å². The molecule has 174 valence electrons. The number of alkyl halides is 4. The van der Waals surface area contributed by atoms with Crippen molar-refractivity contribution in [3.8, 4) is 0 Å². The average Bonchev–Trinajstić information content (AvgIpc) is 2.67. The first-order chi connectivity index (χ1) is 14.0. The van der Waals surface area contributed by atoms with E-state index in [1.807, 2.05) is 33.9 Å². The minimum Gasteiger partial charge on any atom is -0.410 e. The van der Waals surface area contributed by atoms with Gasteiger partial charge in [0, 0.05) is 20.1 Å². The zero-order valence-electron chi connectivity index (χ0n) is 18.2. The average molecular weight is 588 g/mol. The van der Waals surface area contributed by atoms with Crippen LogP contribution in [0.2, 0.25) is 18.1 Å². The van der Waals surface area contributed by atoms with Crippen LogP contribution in [-0.4, -0.2) is 26.6 Å². The van der Waals surface area contributed by atoms with E-state index in [0.717, 1.165) is 0 Å². The molecule has 0 saturated carbocycles. The highest BCUT2D eigenvalue weighted by molar-refractivity contribution is 9.10. The van der Waals surface area contributed by atoms with Gasteiger partial charge in [-0.05, 0) is 30.3 Å². The van der Waals surface area contributed by atoms with E-state index in [0.29, 0.717) is 8.95 Å². The van der Waals surface area contributed by atoms with E-state index in [1.165, 1.54) is 24.3 Å². The molecule has 9 heteroatoms. The summed E-state index contributed by atoms with van der Waals surface area (Å²) in [6.45, 7) is 8.33. The highest BCUT2D eigenvalue weighted by atomic mass is 79.9. The number of halogens is 6. The van der Waals surface area contributed by atoms with Crippen molar-refractivity contribution in [3.63, 3.8) is 0 Å². The third-order valence-corrected chi connectivity index (χ3v) is 11.0. The fraction of sp³-hybridized carbons (Fsp3) is 0.455. The van der Waals surface area contributed by atoms with Crippen molar-refractivity contribution >= 4 is 40.2 Å². The molecule has 1 N–H and O–H groups in total. The molecule has 0 aliphatic carbocycles. The Hall–Kier alpha value is -0.743. The van der Waals surface area contributed by atoms with Crippen molar-refractivity contribution in [2.75, 3.05) is 13.2 Å². The van der Waals surface area contributed by atoms with Crippen molar-refractivity contribution in [3.05, 3.63) is 68.6 Å². The lowest BCUT2D eigenvalue weighted by atomic mass is 10.1. The van der Waals surface area contributed by atoms with Gasteiger partial charge in [0.2, 0.25) is 0 Å². The molecular formula is C22H28Br2F4O2Si. The predicted octanol–water partition coefficient (Wildman–Crippen LogP) is 8.10. The predicted molar refractivity (Wildman–Crippen MR) is 126 cm³/mol. The highest BCUT2D eigenvalue weighted by Gasteiger charge is 2.42. The molecule has 0 aromatic heterocycles. The molecule has 0 bridgehead atoms. The second kappa shape index (κ2) is 10.9. The van der Waals surface area contributed by atoms with Crippen LogP contribution >= 0.6 is 31.9 Å². The van der Waals surface area contributed by atoms with Crippen LogP contribution in [0.25, 0.3) is 0 Å². The Morgan fingerprint density at radius 2 is 1.19 bits per heavy atom. The van der Waals surface area contributed by atoms with Crippen LogP contribution in [0.1, 0.15) is 31.9 Å². The minimum atomic E-state index is -3.17. The summed E-state index contributed by atoms with van der Waals surface area (Å²) >= 11 is 6.15. The molecule has 0 amide bonds. The van der Waals surface area contributed by atoms with Gasteiger partial charge < -0.3 is 9.53 Å². The Kier molecular flexibility index (Phi) is 9.96. The number of rotatable bonds is 6. The molecule has 0 fully saturated rings. The fourth-order valence-corrected chi connectivity index (χ4v) is 4.29. The molecule has 0 heterocycles. The summed E-state index contributed by atoms with van der Waals surface area (Å²) in [6.07, 6.45) is 0. The van der Waals surface area contributed by atoms with Crippen molar-refractivity contribution in [1.82, 2.24) is 0 Å². The second-order valence-electron chi connectivity index (χ2n) is 8.58. The van der Waals surface area contributed by atoms with Gasteiger partial charge in [0.1, 0.15) is 13.2 Å². The first kappa shape index (κ1) is 28.3. The topological polar surface area (TPSA) is 29.5 Å². The number of aliphatic hydroxyl groups excluding tert-OH is 1. The fourth-order valence-electron chi connectivity index (χ4n) is 2.17. The molecular weight excluding hydrogens is 560 g/mol. The van der Waals surface area contributed by atoms with E-state index in [4.69, 9.17) is 9.53 Å². The maximum Gasteiger partial charge on any atom is 0.296 e. The summed E-state index contributed by atoms with van der Waals surface area (Å²) in [6, 6.07) is 12.3. The van der Waals surface area contributed by atoms with Crippen LogP contribution in [0.5, 0.6) is 0 Å². The van der Waals surface area contributed by atoms with Gasteiger partial charge in [-0.2, -0.15) is 17.6 Å². The Morgan fingerprint density at radius 3 is 1.55 bits per heavy atom. The Balaban J connectivity index is 0.000000343. The van der Waals surface area contributed by atoms with Gasteiger partial charge in [-0.15, -0.1) is 0 Å². The maximum absolute atomic E-state index is 14.2. The van der Waals surface area contributed by atoms with Crippen LogP contribution < -0.4 is 0 Å². The van der Waals surface area contributed by atoms with Crippen molar-refractivity contribution in [1.29, 1.82) is 0 Å². The van der Waals surface area contributed by atoms with Gasteiger partial charge in [-0.1, -0.05) is 89.0 Å². The third-order valence-electron chi connectivity index (χ3n) is 5.15. The number of benzene rings is 2. The van der Waals surface area contributed by atoms with Crippen LogP contribution in [0.4, 0.5) is 17.6 Å². The zero-order chi connectivity index (χ0) is 24.1. The van der Waals surface area contributed by atoms with Crippen molar-refractivity contribution < 1.29 is 27.1 Å². The molecule has 0 aliphatic rings. The number of hydrogen-bond acceptors (Lipinski definition) is 2. The molecule has 0 unspecified atom stereocenters. The highest BCUT2D eigenvalue weighted by Crippen LogP contribution is 2.40. The molecule has 0 radical (unpaired) electrons. The summed E-state index contributed by atoms with van der Waals surface area (Å²) in [5.41, 5.74) is -0.207. The summed E-state index contributed by atoms with van der Waals surface area (Å²) in [5.74, 6) is -6.14. The zero-order valence-corrected chi connectivity index (χ0v) is 22.3. The van der Waals surface area contributed by atoms with E-state index >= 15 is 0 Å². The summed E-state index contributed by atoms with van der Waals surface area (Å²) in [4.78, 5) is 0. The van der Waals surface area contributed by atoms with Gasteiger partial charge in [-0.25, -0.2) is 0 Å². The van der Waals surface area contributed by atoms with E-state index in [1.54, 1.807) is 24.3 Å². The van der Waals surface area contributed by atoms with E-state index in [9.17, 15) is 17.6 Å². The standard InChI is InChI=1S/C14H21BrF2OSi.C8H7BrF2O/c1-13(2,3)19(4,5)18-10-14(16,17)11-8-6-7-9-12(11)15;9-7-4-2-1-3-6(7)8(10,11)5-12/h6-9H,10H2,1-5H3;1-4,12H,5H2. The summed E-state index contributed by atoms with van der Waals surface area (Å²) < 4.78 is 60.5. The van der Waals surface area contributed by atoms with Gasteiger partial charge in [0.15, 0.2) is 8.32 Å². The van der Waals surface area contributed by atoms with Crippen molar-refractivity contribution in [2.45, 2.75) is 50.7 Å². The molecule has 0 aliphatic heterocycles. The molecule has 2 aromatic carbocycles. The Morgan fingerprint density at radius 1 is 0.806 bits per heavy atom. The Labute approximate surface area is 199 Å². The second-order valence-corrected chi connectivity index (χ2v) is 15.1. The van der Waals surface area contributed by atoms with Gasteiger partial charge in [0.05, 0.1) is 0 Å². The molecule has 2 rings (SSSR count). The number of aliphatic hydroxyl groups is 1. The lowest BCUT2D eigenvalue weighted by molar-refractivity contribution is -0.0562. The monoisotopic (exact) mass is 586 g/mol. The molecule has 0 saturated heterocycles. The van der Waals surface area contributed by atoms with Crippen LogP contribution in [-0.2, 0) is 16.3 Å². The molecule has 0 atom stereocenters. The SMILES string of the molecule is CC(C)(C)[Si](C)(C)OCC(F)(F)c1ccccc1Br.OCC(F)(F)c1ccccc1Br. The molecule has 31 heavy (non-hydrogen) atoms. The largest absolute Gasteiger partial charge is 0.410 e. The third kappa shape index (κ3) is 7.96. The first-order valence-electron chi connectivity index (χ1n) is 9.55. The summed E-state index contributed by atoms with van der Waals surface area (Å²) in [7, 11) is -2.16. The van der Waals surface area contributed by atoms with E-state index in [2.05, 4.69) is 31.9 Å². The van der Waals surface area contributed by atoms with E-state index in [-0.39, 0.29) is 16.2 Å². The van der Waals surface area contributed by atoms with Gasteiger partial charge >= 0.3 is 0 Å². The molecule has 0 spiro atoms. The van der Waals surface area contributed by atoms with Gasteiger partial charge in [-0.3, -0.25) is 0 Å². The molecule has 2 aromatic rings. The lowest BCUT2D eigenvalue weighted by Crippen LogP contribution is -2.43. The summed E-state index contributed by atoms with van der Waals surface area (Å²) in [5, 5.41) is 8.33. The normalized spacial score (nSPS) is 12.9.